The maximum atomic E-state index is 6.52. The molecular formula is C18H29N. The van der Waals surface area contributed by atoms with Crippen molar-refractivity contribution in [3.8, 4) is 0 Å². The number of fused-ring (bicyclic) bond motifs is 1. The summed E-state index contributed by atoms with van der Waals surface area (Å²) in [5.74, 6) is 0. The number of hydrogen-bond donors (Lipinski definition) is 1. The van der Waals surface area contributed by atoms with Crippen molar-refractivity contribution in [1.29, 1.82) is 0 Å². The highest BCUT2D eigenvalue weighted by Gasteiger charge is 2.58. The summed E-state index contributed by atoms with van der Waals surface area (Å²) in [6.45, 7) is 20.9. The van der Waals surface area contributed by atoms with Crippen LogP contribution in [0.15, 0.2) is 0 Å². The average molecular weight is 259 g/mol. The van der Waals surface area contributed by atoms with Gasteiger partial charge in [0, 0.05) is 5.69 Å². The van der Waals surface area contributed by atoms with E-state index in [0.29, 0.717) is 0 Å². The van der Waals surface area contributed by atoms with Crippen molar-refractivity contribution in [2.45, 2.75) is 73.1 Å². The first-order valence-corrected chi connectivity index (χ1v) is 7.29. The second kappa shape index (κ2) is 3.56. The molecule has 0 heterocycles. The number of nitrogens with two attached hydrogens (primary N) is 1. The van der Waals surface area contributed by atoms with E-state index >= 15 is 0 Å². The van der Waals surface area contributed by atoms with E-state index in [2.05, 4.69) is 62.3 Å². The van der Waals surface area contributed by atoms with Gasteiger partial charge in [0.1, 0.15) is 0 Å². The Morgan fingerprint density at radius 2 is 1.05 bits per heavy atom. The van der Waals surface area contributed by atoms with Gasteiger partial charge < -0.3 is 5.73 Å². The van der Waals surface area contributed by atoms with Crippen LogP contribution >= 0.6 is 0 Å². The van der Waals surface area contributed by atoms with E-state index in [1.165, 1.54) is 27.8 Å². The van der Waals surface area contributed by atoms with Crippen LogP contribution in [-0.2, 0) is 10.8 Å². The Morgan fingerprint density at radius 3 is 1.53 bits per heavy atom. The summed E-state index contributed by atoms with van der Waals surface area (Å²) >= 11 is 0. The van der Waals surface area contributed by atoms with Crippen LogP contribution in [0.2, 0.25) is 0 Å². The molecule has 0 aliphatic heterocycles. The van der Waals surface area contributed by atoms with Crippen molar-refractivity contribution in [3.63, 3.8) is 0 Å². The Hall–Kier alpha value is -0.980. The van der Waals surface area contributed by atoms with Crippen molar-refractivity contribution in [2.24, 2.45) is 5.41 Å². The van der Waals surface area contributed by atoms with Crippen LogP contribution in [0, 0.1) is 26.2 Å². The molecular weight excluding hydrogens is 230 g/mol. The zero-order valence-electron chi connectivity index (χ0n) is 14.1. The van der Waals surface area contributed by atoms with Gasteiger partial charge in [0.15, 0.2) is 0 Å². The highest BCUT2D eigenvalue weighted by molar-refractivity contribution is 5.70. The van der Waals surface area contributed by atoms with Crippen molar-refractivity contribution in [3.05, 3.63) is 27.8 Å². The van der Waals surface area contributed by atoms with Gasteiger partial charge in [-0.2, -0.15) is 0 Å². The Morgan fingerprint density at radius 1 is 0.632 bits per heavy atom. The molecule has 0 saturated carbocycles. The molecule has 19 heavy (non-hydrogen) atoms. The SMILES string of the molecule is Cc1c(C)c(N)c2c(c1C)C(C)(C)C(C)(C)C2(C)C. The number of hydrogen-bond acceptors (Lipinski definition) is 1. The van der Waals surface area contributed by atoms with Gasteiger partial charge in [-0.15, -0.1) is 0 Å². The van der Waals surface area contributed by atoms with Crippen LogP contribution in [0.1, 0.15) is 69.4 Å². The molecule has 0 bridgehead atoms. The Balaban J connectivity index is 3.02. The number of nitrogen functional groups attached to an aromatic ring is 1. The highest BCUT2D eigenvalue weighted by atomic mass is 14.7. The lowest BCUT2D eigenvalue weighted by atomic mass is 9.59. The van der Waals surface area contributed by atoms with Gasteiger partial charge in [0.2, 0.25) is 0 Å². The summed E-state index contributed by atoms with van der Waals surface area (Å²) < 4.78 is 0. The van der Waals surface area contributed by atoms with E-state index in [9.17, 15) is 0 Å². The van der Waals surface area contributed by atoms with E-state index in [0.717, 1.165) is 5.69 Å². The predicted molar refractivity (Wildman–Crippen MR) is 84.9 cm³/mol. The largest absolute Gasteiger partial charge is 0.398 e. The Bertz CT molecular complexity index is 511. The minimum Gasteiger partial charge on any atom is -0.398 e. The molecule has 1 aliphatic carbocycles. The average Bonchev–Trinajstić information content (AvgIpc) is 2.39. The third-order valence-electron chi connectivity index (χ3n) is 6.80. The van der Waals surface area contributed by atoms with Crippen LogP contribution in [0.5, 0.6) is 0 Å². The third-order valence-corrected chi connectivity index (χ3v) is 6.80. The fourth-order valence-electron chi connectivity index (χ4n) is 4.02. The molecule has 0 spiro atoms. The molecule has 1 heteroatoms. The highest BCUT2D eigenvalue weighted by Crippen LogP contribution is 2.64. The molecule has 1 aromatic carbocycles. The number of benzene rings is 1. The van der Waals surface area contributed by atoms with Crippen LogP contribution in [0.3, 0.4) is 0 Å². The van der Waals surface area contributed by atoms with Gasteiger partial charge in [-0.3, -0.25) is 0 Å². The second-order valence-electron chi connectivity index (χ2n) is 7.91. The molecule has 2 rings (SSSR count). The fraction of sp³-hybridized carbons (Fsp3) is 0.667. The van der Waals surface area contributed by atoms with Crippen molar-refractivity contribution < 1.29 is 0 Å². The summed E-state index contributed by atoms with van der Waals surface area (Å²) in [6, 6.07) is 0. The quantitative estimate of drug-likeness (QED) is 0.666. The molecule has 0 atom stereocenters. The Kier molecular flexibility index (Phi) is 2.70. The molecule has 1 aliphatic rings. The smallest absolute Gasteiger partial charge is 0.0387 e. The van der Waals surface area contributed by atoms with Gasteiger partial charge in [0.05, 0.1) is 0 Å². The predicted octanol–water partition coefficient (Wildman–Crippen LogP) is 4.79. The van der Waals surface area contributed by atoms with E-state index in [1.807, 2.05) is 0 Å². The first kappa shape index (κ1) is 14.4. The molecule has 0 saturated heterocycles. The summed E-state index contributed by atoms with van der Waals surface area (Å²) in [6.07, 6.45) is 0. The van der Waals surface area contributed by atoms with Crippen molar-refractivity contribution >= 4 is 5.69 Å². The molecule has 0 unspecified atom stereocenters. The first-order chi connectivity index (χ1) is 8.39. The monoisotopic (exact) mass is 259 g/mol. The van der Waals surface area contributed by atoms with E-state index < -0.39 is 0 Å². The minimum absolute atomic E-state index is 0.0964. The molecule has 106 valence electrons. The fourth-order valence-corrected chi connectivity index (χ4v) is 4.02. The normalized spacial score (nSPS) is 22.4. The van der Waals surface area contributed by atoms with Gasteiger partial charge in [-0.25, -0.2) is 0 Å². The lowest BCUT2D eigenvalue weighted by molar-refractivity contribution is 0.125. The summed E-state index contributed by atoms with van der Waals surface area (Å²) in [4.78, 5) is 0. The molecule has 1 nitrogen and oxygen atoms in total. The zero-order valence-corrected chi connectivity index (χ0v) is 14.1. The van der Waals surface area contributed by atoms with Crippen molar-refractivity contribution in [2.75, 3.05) is 5.73 Å². The van der Waals surface area contributed by atoms with Crippen LogP contribution in [0.4, 0.5) is 5.69 Å². The van der Waals surface area contributed by atoms with Gasteiger partial charge >= 0.3 is 0 Å². The number of anilines is 1. The second-order valence-corrected chi connectivity index (χ2v) is 7.91. The summed E-state index contributed by atoms with van der Waals surface area (Å²) in [7, 11) is 0. The van der Waals surface area contributed by atoms with E-state index in [1.54, 1.807) is 0 Å². The van der Waals surface area contributed by atoms with E-state index in [-0.39, 0.29) is 16.2 Å². The molecule has 1 aromatic rings. The van der Waals surface area contributed by atoms with Crippen molar-refractivity contribution in [1.82, 2.24) is 0 Å². The van der Waals surface area contributed by atoms with Crippen LogP contribution < -0.4 is 5.73 Å². The maximum Gasteiger partial charge on any atom is 0.0387 e. The molecule has 2 N–H and O–H groups in total. The third kappa shape index (κ3) is 1.37. The molecule has 0 radical (unpaired) electrons. The molecule has 0 aromatic heterocycles. The zero-order chi connectivity index (χ0) is 15.0. The summed E-state index contributed by atoms with van der Waals surface area (Å²) in [5.41, 5.74) is 14.9. The Labute approximate surface area is 118 Å². The molecule has 0 fully saturated rings. The topological polar surface area (TPSA) is 26.0 Å². The summed E-state index contributed by atoms with van der Waals surface area (Å²) in [5, 5.41) is 0. The number of rotatable bonds is 0. The van der Waals surface area contributed by atoms with Crippen LogP contribution in [0.25, 0.3) is 0 Å². The minimum atomic E-state index is 0.0964. The van der Waals surface area contributed by atoms with Gasteiger partial charge in [0.25, 0.3) is 0 Å². The van der Waals surface area contributed by atoms with E-state index in [4.69, 9.17) is 5.73 Å². The lowest BCUT2D eigenvalue weighted by Gasteiger charge is -2.44. The molecule has 0 amide bonds. The maximum absolute atomic E-state index is 6.52. The first-order valence-electron chi connectivity index (χ1n) is 7.29. The van der Waals surface area contributed by atoms with Crippen LogP contribution in [-0.4, -0.2) is 0 Å². The standard InChI is InChI=1S/C18H29N/c1-10-11(2)13-14(15(19)12(10)3)17(6,7)18(8,9)16(13,4)5/h19H2,1-9H3. The van der Waals surface area contributed by atoms with Gasteiger partial charge in [-0.1, -0.05) is 41.5 Å². The lowest BCUT2D eigenvalue weighted by Crippen LogP contribution is -2.42. The van der Waals surface area contributed by atoms with Gasteiger partial charge in [-0.05, 0) is 64.8 Å².